The third kappa shape index (κ3) is 5.12. The van der Waals surface area contributed by atoms with Crippen molar-refractivity contribution in [1.29, 1.82) is 0 Å². The standard InChI is InChI=1S/C13H21NO3.ClH/c1-15-9-5-8-14-10-11-6-4-7-12(16-2)13(11)17-3;/h4,6-7,14H,5,8-10H2,1-3H3;1H/p-1. The van der Waals surface area contributed by atoms with Crippen molar-refractivity contribution in [3.05, 3.63) is 23.8 Å². The summed E-state index contributed by atoms with van der Waals surface area (Å²) in [5.41, 5.74) is 1.10. The molecule has 5 heteroatoms. The molecule has 1 N–H and O–H groups in total. The van der Waals surface area contributed by atoms with Gasteiger partial charge in [0.25, 0.3) is 0 Å². The number of hydrogen-bond acceptors (Lipinski definition) is 4. The maximum absolute atomic E-state index is 5.36. The van der Waals surface area contributed by atoms with Crippen LogP contribution in [0.5, 0.6) is 11.5 Å². The third-order valence-electron chi connectivity index (χ3n) is 2.50. The van der Waals surface area contributed by atoms with Crippen LogP contribution in [-0.2, 0) is 11.3 Å². The van der Waals surface area contributed by atoms with Crippen LogP contribution in [0.25, 0.3) is 0 Å². The molecule has 1 rings (SSSR count). The molecule has 1 aromatic rings. The van der Waals surface area contributed by atoms with E-state index in [9.17, 15) is 0 Å². The Morgan fingerprint density at radius 2 is 1.89 bits per heavy atom. The molecule has 18 heavy (non-hydrogen) atoms. The highest BCUT2D eigenvalue weighted by atomic mass is 35.5. The van der Waals surface area contributed by atoms with Gasteiger partial charge in [-0.15, -0.1) is 0 Å². The topological polar surface area (TPSA) is 39.7 Å². The van der Waals surface area contributed by atoms with E-state index in [-0.39, 0.29) is 12.4 Å². The number of halogens is 1. The van der Waals surface area contributed by atoms with Crippen LogP contribution in [0.15, 0.2) is 18.2 Å². The summed E-state index contributed by atoms with van der Waals surface area (Å²) in [7, 11) is 5.02. The van der Waals surface area contributed by atoms with Gasteiger partial charge in [0.1, 0.15) is 0 Å². The Kier molecular flexibility index (Phi) is 9.46. The number of ether oxygens (including phenoxy) is 3. The second kappa shape index (κ2) is 10.00. The summed E-state index contributed by atoms with van der Waals surface area (Å²) in [6.07, 6.45) is 1.00. The van der Waals surface area contributed by atoms with Crippen molar-refractivity contribution in [3.63, 3.8) is 0 Å². The third-order valence-corrected chi connectivity index (χ3v) is 2.50. The highest BCUT2D eigenvalue weighted by molar-refractivity contribution is 5.46. The minimum absolute atomic E-state index is 0. The lowest BCUT2D eigenvalue weighted by Gasteiger charge is -2.13. The smallest absolute Gasteiger partial charge is 0.165 e. The van der Waals surface area contributed by atoms with E-state index < -0.39 is 0 Å². The van der Waals surface area contributed by atoms with Crippen LogP contribution in [0.1, 0.15) is 12.0 Å². The van der Waals surface area contributed by atoms with E-state index in [2.05, 4.69) is 5.32 Å². The molecule has 0 atom stereocenters. The van der Waals surface area contributed by atoms with Crippen LogP contribution in [-0.4, -0.2) is 34.5 Å². The van der Waals surface area contributed by atoms with Gasteiger partial charge in [-0.3, -0.25) is 0 Å². The van der Waals surface area contributed by atoms with Gasteiger partial charge in [-0.1, -0.05) is 12.1 Å². The Morgan fingerprint density at radius 3 is 2.50 bits per heavy atom. The number of benzene rings is 1. The van der Waals surface area contributed by atoms with E-state index in [0.29, 0.717) is 0 Å². The fourth-order valence-corrected chi connectivity index (χ4v) is 1.66. The zero-order valence-electron chi connectivity index (χ0n) is 11.2. The van der Waals surface area contributed by atoms with Crippen LogP contribution < -0.4 is 27.2 Å². The van der Waals surface area contributed by atoms with E-state index in [4.69, 9.17) is 14.2 Å². The Balaban J connectivity index is 0.00000289. The highest BCUT2D eigenvalue weighted by Gasteiger charge is 2.08. The predicted octanol–water partition coefficient (Wildman–Crippen LogP) is -1.17. The summed E-state index contributed by atoms with van der Waals surface area (Å²) < 4.78 is 15.6. The van der Waals surface area contributed by atoms with Gasteiger partial charge >= 0.3 is 0 Å². The average molecular weight is 275 g/mol. The molecule has 0 fully saturated rings. The molecular weight excluding hydrogens is 254 g/mol. The minimum atomic E-state index is 0. The summed E-state index contributed by atoms with van der Waals surface area (Å²) in [5, 5.41) is 3.35. The van der Waals surface area contributed by atoms with Crippen LogP contribution in [0.2, 0.25) is 0 Å². The van der Waals surface area contributed by atoms with Gasteiger partial charge in [0, 0.05) is 25.8 Å². The van der Waals surface area contributed by atoms with Crippen molar-refractivity contribution in [2.75, 3.05) is 34.5 Å². The normalized spacial score (nSPS) is 9.72. The van der Waals surface area contributed by atoms with E-state index >= 15 is 0 Å². The van der Waals surface area contributed by atoms with Gasteiger partial charge in [-0.25, -0.2) is 0 Å². The molecule has 0 aliphatic heterocycles. The Bertz CT molecular complexity index is 334. The maximum atomic E-state index is 5.36. The molecule has 0 radical (unpaired) electrons. The Morgan fingerprint density at radius 1 is 1.11 bits per heavy atom. The highest BCUT2D eigenvalue weighted by Crippen LogP contribution is 2.30. The van der Waals surface area contributed by atoms with Crippen LogP contribution in [0, 0.1) is 0 Å². The molecule has 1 aromatic carbocycles. The van der Waals surface area contributed by atoms with Crippen molar-refractivity contribution >= 4 is 0 Å². The van der Waals surface area contributed by atoms with E-state index in [1.165, 1.54) is 0 Å². The first-order valence-corrected chi connectivity index (χ1v) is 5.73. The van der Waals surface area contributed by atoms with Crippen molar-refractivity contribution in [3.8, 4) is 11.5 Å². The molecule has 0 aliphatic rings. The quantitative estimate of drug-likeness (QED) is 0.607. The molecule has 0 amide bonds. The number of hydrogen-bond donors (Lipinski definition) is 1. The zero-order valence-corrected chi connectivity index (χ0v) is 11.9. The fraction of sp³-hybridized carbons (Fsp3) is 0.538. The van der Waals surface area contributed by atoms with E-state index in [1.54, 1.807) is 21.3 Å². The number of rotatable bonds is 8. The lowest BCUT2D eigenvalue weighted by Crippen LogP contribution is -3.00. The summed E-state index contributed by atoms with van der Waals surface area (Å²) in [6.45, 7) is 2.47. The number of methoxy groups -OCH3 is 3. The molecule has 4 nitrogen and oxygen atoms in total. The summed E-state index contributed by atoms with van der Waals surface area (Å²) in [6, 6.07) is 5.89. The van der Waals surface area contributed by atoms with Gasteiger partial charge < -0.3 is 31.9 Å². The summed E-state index contributed by atoms with van der Waals surface area (Å²) in [5.74, 6) is 1.57. The molecule has 0 aliphatic carbocycles. The summed E-state index contributed by atoms with van der Waals surface area (Å²) in [4.78, 5) is 0. The van der Waals surface area contributed by atoms with Crippen molar-refractivity contribution in [1.82, 2.24) is 5.32 Å². The molecule has 0 saturated carbocycles. The van der Waals surface area contributed by atoms with Gasteiger partial charge in [-0.05, 0) is 19.0 Å². The summed E-state index contributed by atoms with van der Waals surface area (Å²) >= 11 is 0. The molecule has 0 heterocycles. The zero-order chi connectivity index (χ0) is 12.5. The lowest BCUT2D eigenvalue weighted by atomic mass is 10.2. The van der Waals surface area contributed by atoms with Crippen LogP contribution in [0.4, 0.5) is 0 Å². The second-order valence-electron chi connectivity index (χ2n) is 3.68. The van der Waals surface area contributed by atoms with Gasteiger partial charge in [-0.2, -0.15) is 0 Å². The first-order chi connectivity index (χ1) is 8.33. The van der Waals surface area contributed by atoms with Crippen molar-refractivity contribution < 1.29 is 26.6 Å². The molecule has 0 aromatic heterocycles. The molecule has 0 spiro atoms. The molecule has 104 valence electrons. The Hall–Kier alpha value is -0.970. The van der Waals surface area contributed by atoms with E-state index in [0.717, 1.165) is 43.2 Å². The Labute approximate surface area is 115 Å². The largest absolute Gasteiger partial charge is 1.00 e. The second-order valence-corrected chi connectivity index (χ2v) is 3.68. The van der Waals surface area contributed by atoms with Gasteiger partial charge in [0.05, 0.1) is 14.2 Å². The van der Waals surface area contributed by atoms with Crippen LogP contribution in [0.3, 0.4) is 0 Å². The van der Waals surface area contributed by atoms with E-state index in [1.807, 2.05) is 18.2 Å². The number of para-hydroxylation sites is 1. The lowest BCUT2D eigenvalue weighted by molar-refractivity contribution is -0.00000450. The monoisotopic (exact) mass is 274 g/mol. The first-order valence-electron chi connectivity index (χ1n) is 5.73. The number of nitrogens with one attached hydrogen (secondary N) is 1. The molecular formula is C13H21ClNO3-. The molecule has 0 saturated heterocycles. The van der Waals surface area contributed by atoms with Gasteiger partial charge in [0.2, 0.25) is 0 Å². The van der Waals surface area contributed by atoms with Crippen LogP contribution >= 0.6 is 0 Å². The molecule has 0 unspecified atom stereocenters. The molecule has 0 bridgehead atoms. The predicted molar refractivity (Wildman–Crippen MR) is 67.7 cm³/mol. The fourth-order valence-electron chi connectivity index (χ4n) is 1.66. The van der Waals surface area contributed by atoms with Gasteiger partial charge in [0.15, 0.2) is 11.5 Å². The average Bonchev–Trinajstić information content (AvgIpc) is 2.38. The SMILES string of the molecule is COCCCNCc1cccc(OC)c1OC.[Cl-]. The maximum Gasteiger partial charge on any atom is 0.165 e. The van der Waals surface area contributed by atoms with Crippen molar-refractivity contribution in [2.45, 2.75) is 13.0 Å². The first kappa shape index (κ1) is 17.0. The minimum Gasteiger partial charge on any atom is -1.00 e. The van der Waals surface area contributed by atoms with Crippen molar-refractivity contribution in [2.24, 2.45) is 0 Å².